The summed E-state index contributed by atoms with van der Waals surface area (Å²) in [6.07, 6.45) is 4.00. The average molecular weight is 318 g/mol. The van der Waals surface area contributed by atoms with Crippen molar-refractivity contribution in [2.24, 2.45) is 17.3 Å². The molecule has 1 rings (SSSR count). The molecule has 21 heavy (non-hydrogen) atoms. The lowest BCUT2D eigenvalue weighted by molar-refractivity contribution is 0.162. The van der Waals surface area contributed by atoms with Crippen LogP contribution in [0.4, 0.5) is 0 Å². The summed E-state index contributed by atoms with van der Waals surface area (Å²) in [7, 11) is -3.02. The number of hydrogen-bond donors (Lipinski definition) is 1. The fourth-order valence-electron chi connectivity index (χ4n) is 3.46. The topological polar surface area (TPSA) is 46.2 Å². The van der Waals surface area contributed by atoms with Crippen molar-refractivity contribution in [2.45, 2.75) is 78.5 Å². The van der Waals surface area contributed by atoms with E-state index in [0.29, 0.717) is 11.7 Å². The third-order valence-electron chi connectivity index (χ3n) is 4.70. The van der Waals surface area contributed by atoms with Crippen LogP contribution in [-0.2, 0) is 9.84 Å². The maximum atomic E-state index is 12.8. The van der Waals surface area contributed by atoms with E-state index in [2.05, 4.69) is 33.0 Å². The first-order chi connectivity index (χ1) is 9.58. The van der Waals surface area contributed by atoms with Crippen LogP contribution in [0.5, 0.6) is 0 Å². The molecule has 0 aromatic rings. The lowest BCUT2D eigenvalue weighted by Gasteiger charge is -2.42. The van der Waals surface area contributed by atoms with Crippen molar-refractivity contribution in [3.8, 4) is 0 Å². The van der Waals surface area contributed by atoms with Gasteiger partial charge in [-0.1, -0.05) is 41.5 Å². The monoisotopic (exact) mass is 317 g/mol. The Morgan fingerprint density at radius 3 is 2.29 bits per heavy atom. The molecule has 1 saturated carbocycles. The highest BCUT2D eigenvalue weighted by Crippen LogP contribution is 2.40. The van der Waals surface area contributed by atoms with Crippen LogP contribution in [0.15, 0.2) is 0 Å². The average Bonchev–Trinajstić information content (AvgIpc) is 2.33. The van der Waals surface area contributed by atoms with Crippen molar-refractivity contribution in [3.63, 3.8) is 0 Å². The molecule has 1 aliphatic rings. The quantitative estimate of drug-likeness (QED) is 0.813. The van der Waals surface area contributed by atoms with Crippen LogP contribution in [0.2, 0.25) is 0 Å². The molecule has 0 bridgehead atoms. The standard InChI is InChI=1S/C17H35NO2S/c1-7-10-18-15-9-8-14(17(4,5)6)11-16(15)21(19,20)12-13(2)3/h13-16,18H,7-12H2,1-6H3. The smallest absolute Gasteiger partial charge is 0.154 e. The van der Waals surface area contributed by atoms with Crippen LogP contribution in [0.3, 0.4) is 0 Å². The van der Waals surface area contributed by atoms with Gasteiger partial charge in [0.25, 0.3) is 0 Å². The van der Waals surface area contributed by atoms with Crippen LogP contribution in [0, 0.1) is 17.3 Å². The summed E-state index contributed by atoms with van der Waals surface area (Å²) in [6.45, 7) is 13.8. The van der Waals surface area contributed by atoms with Crippen molar-refractivity contribution in [2.75, 3.05) is 12.3 Å². The van der Waals surface area contributed by atoms with Gasteiger partial charge in [-0.05, 0) is 49.5 Å². The largest absolute Gasteiger partial charge is 0.313 e. The summed E-state index contributed by atoms with van der Waals surface area (Å²) in [5.41, 5.74) is 0.196. The lowest BCUT2D eigenvalue weighted by atomic mass is 9.71. The van der Waals surface area contributed by atoms with E-state index < -0.39 is 9.84 Å². The number of rotatable bonds is 6. The molecule has 0 heterocycles. The maximum Gasteiger partial charge on any atom is 0.154 e. The molecule has 4 heteroatoms. The van der Waals surface area contributed by atoms with Crippen molar-refractivity contribution < 1.29 is 8.42 Å². The van der Waals surface area contributed by atoms with Gasteiger partial charge in [0.05, 0.1) is 11.0 Å². The molecule has 0 aliphatic heterocycles. The highest BCUT2D eigenvalue weighted by atomic mass is 32.2. The fraction of sp³-hybridized carbons (Fsp3) is 1.00. The second-order valence-corrected chi connectivity index (χ2v) is 10.5. The molecule has 0 aromatic carbocycles. The third kappa shape index (κ3) is 5.55. The first kappa shape index (κ1) is 19.0. The molecule has 1 fully saturated rings. The highest BCUT2D eigenvalue weighted by molar-refractivity contribution is 7.92. The zero-order valence-corrected chi connectivity index (χ0v) is 15.6. The Kier molecular flexibility index (Phi) is 6.73. The molecule has 3 nitrogen and oxygen atoms in total. The Bertz CT molecular complexity index is 409. The maximum absolute atomic E-state index is 12.8. The molecule has 0 aromatic heterocycles. The Morgan fingerprint density at radius 1 is 1.19 bits per heavy atom. The van der Waals surface area contributed by atoms with Crippen LogP contribution >= 0.6 is 0 Å². The normalized spacial score (nSPS) is 28.0. The van der Waals surface area contributed by atoms with Crippen LogP contribution in [0.25, 0.3) is 0 Å². The number of hydrogen-bond acceptors (Lipinski definition) is 3. The van der Waals surface area contributed by atoms with Crippen molar-refractivity contribution >= 4 is 9.84 Å². The van der Waals surface area contributed by atoms with Gasteiger partial charge in [-0.3, -0.25) is 0 Å². The zero-order valence-electron chi connectivity index (χ0n) is 14.8. The molecule has 0 radical (unpaired) electrons. The van der Waals surface area contributed by atoms with Gasteiger partial charge in [0.2, 0.25) is 0 Å². The molecular formula is C17H35NO2S. The summed E-state index contributed by atoms with van der Waals surface area (Å²) in [6, 6.07) is 0.146. The van der Waals surface area contributed by atoms with Crippen molar-refractivity contribution in [3.05, 3.63) is 0 Å². The number of sulfone groups is 1. The van der Waals surface area contributed by atoms with Crippen LogP contribution in [-0.4, -0.2) is 32.0 Å². The van der Waals surface area contributed by atoms with Gasteiger partial charge in [0.15, 0.2) is 9.84 Å². The third-order valence-corrected chi connectivity index (χ3v) is 7.27. The predicted molar refractivity (Wildman–Crippen MR) is 91.3 cm³/mol. The Morgan fingerprint density at radius 2 is 1.81 bits per heavy atom. The van der Waals surface area contributed by atoms with E-state index in [0.717, 1.165) is 32.2 Å². The summed E-state index contributed by atoms with van der Waals surface area (Å²) in [4.78, 5) is 0. The lowest BCUT2D eigenvalue weighted by Crippen LogP contribution is -2.50. The molecular weight excluding hydrogens is 282 g/mol. The Hall–Kier alpha value is -0.0900. The summed E-state index contributed by atoms with van der Waals surface area (Å²) < 4.78 is 25.6. The van der Waals surface area contributed by atoms with Crippen LogP contribution < -0.4 is 5.32 Å². The summed E-state index contributed by atoms with van der Waals surface area (Å²) >= 11 is 0. The number of nitrogens with one attached hydrogen (secondary N) is 1. The van der Waals surface area contributed by atoms with E-state index in [4.69, 9.17) is 0 Å². The predicted octanol–water partition coefficient (Wildman–Crippen LogP) is 3.64. The Balaban J connectivity index is 2.92. The van der Waals surface area contributed by atoms with Crippen LogP contribution in [0.1, 0.15) is 67.2 Å². The molecule has 126 valence electrons. The molecule has 1 aliphatic carbocycles. The molecule has 1 N–H and O–H groups in total. The first-order valence-corrected chi connectivity index (χ1v) is 10.2. The molecule has 0 spiro atoms. The molecule has 3 unspecified atom stereocenters. The van der Waals surface area contributed by atoms with Crippen molar-refractivity contribution in [1.29, 1.82) is 0 Å². The highest BCUT2D eigenvalue weighted by Gasteiger charge is 2.41. The van der Waals surface area contributed by atoms with Gasteiger partial charge in [0.1, 0.15) is 0 Å². The van der Waals surface area contributed by atoms with Gasteiger partial charge in [0, 0.05) is 6.04 Å². The molecule has 0 saturated heterocycles. The van der Waals surface area contributed by atoms with E-state index in [1.54, 1.807) is 0 Å². The molecule has 3 atom stereocenters. The van der Waals surface area contributed by atoms with Gasteiger partial charge in [-0.2, -0.15) is 0 Å². The summed E-state index contributed by atoms with van der Waals surface area (Å²) in [5, 5.41) is 3.29. The second kappa shape index (κ2) is 7.45. The van der Waals surface area contributed by atoms with E-state index in [1.165, 1.54) is 0 Å². The van der Waals surface area contributed by atoms with E-state index in [1.807, 2.05) is 13.8 Å². The van der Waals surface area contributed by atoms with Gasteiger partial charge in [-0.25, -0.2) is 8.42 Å². The SMILES string of the molecule is CCCNC1CCC(C(C)(C)C)CC1S(=O)(=O)CC(C)C. The van der Waals surface area contributed by atoms with Gasteiger partial charge >= 0.3 is 0 Å². The van der Waals surface area contributed by atoms with Gasteiger partial charge < -0.3 is 5.32 Å². The summed E-state index contributed by atoms with van der Waals surface area (Å²) in [5.74, 6) is 1.03. The Labute approximate surface area is 132 Å². The van der Waals surface area contributed by atoms with E-state index in [-0.39, 0.29) is 22.6 Å². The van der Waals surface area contributed by atoms with Crippen molar-refractivity contribution in [1.82, 2.24) is 5.32 Å². The van der Waals surface area contributed by atoms with Gasteiger partial charge in [-0.15, -0.1) is 0 Å². The minimum Gasteiger partial charge on any atom is -0.313 e. The second-order valence-electron chi connectivity index (χ2n) is 8.20. The van der Waals surface area contributed by atoms with E-state index >= 15 is 0 Å². The minimum atomic E-state index is -3.02. The first-order valence-electron chi connectivity index (χ1n) is 8.52. The molecule has 0 amide bonds. The zero-order chi connectivity index (χ0) is 16.3. The van der Waals surface area contributed by atoms with E-state index in [9.17, 15) is 8.42 Å². The minimum absolute atomic E-state index is 0.146. The fourth-order valence-corrected chi connectivity index (χ4v) is 5.90.